The van der Waals surface area contributed by atoms with Gasteiger partial charge in [0.25, 0.3) is 5.91 Å². The van der Waals surface area contributed by atoms with Gasteiger partial charge in [-0.3, -0.25) is 14.9 Å². The Balaban J connectivity index is 2.13. The lowest BCUT2D eigenvalue weighted by Crippen LogP contribution is -2.51. The molecular formula is C17H23N3O6S. The van der Waals surface area contributed by atoms with Crippen molar-refractivity contribution in [3.8, 4) is 0 Å². The number of sulfonamides is 1. The molecule has 10 heteroatoms. The van der Waals surface area contributed by atoms with Crippen molar-refractivity contribution in [2.75, 3.05) is 12.8 Å². The Morgan fingerprint density at radius 1 is 1.26 bits per heavy atom. The number of benzene rings is 1. The van der Waals surface area contributed by atoms with E-state index in [1.807, 2.05) is 11.4 Å². The van der Waals surface area contributed by atoms with Crippen molar-refractivity contribution in [1.29, 1.82) is 0 Å². The highest BCUT2D eigenvalue weighted by Gasteiger charge is 2.39. The third kappa shape index (κ3) is 5.27. The van der Waals surface area contributed by atoms with Gasteiger partial charge in [0, 0.05) is 19.5 Å². The number of carbonyl (C=O) groups excluding carboxylic acids is 3. The lowest BCUT2D eigenvalue weighted by molar-refractivity contribution is -0.158. The van der Waals surface area contributed by atoms with Gasteiger partial charge in [0.2, 0.25) is 10.0 Å². The van der Waals surface area contributed by atoms with Crippen molar-refractivity contribution in [1.82, 2.24) is 14.9 Å². The van der Waals surface area contributed by atoms with E-state index in [-0.39, 0.29) is 13.0 Å². The summed E-state index contributed by atoms with van der Waals surface area (Å²) in [6, 6.07) is 5.45. The van der Waals surface area contributed by atoms with Gasteiger partial charge >= 0.3 is 12.0 Å². The van der Waals surface area contributed by atoms with Crippen LogP contribution in [0.25, 0.3) is 0 Å². The number of ether oxygens (including phenoxy) is 1. The molecule has 2 rings (SSSR count). The average Bonchev–Trinajstić information content (AvgIpc) is 2.59. The van der Waals surface area contributed by atoms with Gasteiger partial charge in [-0.05, 0) is 25.0 Å². The number of amides is 3. The summed E-state index contributed by atoms with van der Waals surface area (Å²) >= 11 is 0. The second-order valence-electron chi connectivity index (χ2n) is 6.22. The first-order chi connectivity index (χ1) is 12.6. The molecule has 0 aromatic heterocycles. The second-order valence-corrected chi connectivity index (χ2v) is 8.16. The summed E-state index contributed by atoms with van der Waals surface area (Å²) in [4.78, 5) is 35.9. The molecule has 27 heavy (non-hydrogen) atoms. The molecule has 3 amide bonds. The maximum Gasteiger partial charge on any atom is 0.325 e. The van der Waals surface area contributed by atoms with Gasteiger partial charge in [-0.2, -0.15) is 4.31 Å². The number of urea groups is 1. The summed E-state index contributed by atoms with van der Waals surface area (Å²) in [6.45, 7) is 3.38. The van der Waals surface area contributed by atoms with Crippen LogP contribution in [-0.4, -0.2) is 55.6 Å². The zero-order valence-corrected chi connectivity index (χ0v) is 16.2. The van der Waals surface area contributed by atoms with Crippen LogP contribution in [0.4, 0.5) is 4.79 Å². The molecule has 0 saturated carbocycles. The van der Waals surface area contributed by atoms with Crippen LogP contribution in [0.15, 0.2) is 24.3 Å². The summed E-state index contributed by atoms with van der Waals surface area (Å²) in [7, 11) is -3.68. The molecule has 2 N–H and O–H groups in total. The number of nitrogens with zero attached hydrogens (tertiary/aromatic N) is 1. The minimum absolute atomic E-state index is 0.0499. The first kappa shape index (κ1) is 20.8. The van der Waals surface area contributed by atoms with Crippen LogP contribution in [0.1, 0.15) is 25.0 Å². The Bertz CT molecular complexity index is 839. The van der Waals surface area contributed by atoms with Gasteiger partial charge in [-0.25, -0.2) is 13.2 Å². The summed E-state index contributed by atoms with van der Waals surface area (Å²) < 4.78 is 30.5. The van der Waals surface area contributed by atoms with E-state index in [4.69, 9.17) is 4.74 Å². The van der Waals surface area contributed by atoms with Crippen molar-refractivity contribution < 1.29 is 27.5 Å². The topological polar surface area (TPSA) is 122 Å². The normalized spacial score (nSPS) is 18.1. The standard InChI is InChI=1S/C17H23N3O6S/c1-4-18-17(23)19-15(21)11(2)26-16(22)14-9-12-7-5-6-8-13(12)10-20(14)27(3,24)25/h5-8,11,14H,4,9-10H2,1-3H3,(H2,18,19,21,23)/t11-,14-/m0/s1. The van der Waals surface area contributed by atoms with Gasteiger partial charge in [0.05, 0.1) is 6.26 Å². The molecule has 1 heterocycles. The van der Waals surface area contributed by atoms with Crippen LogP contribution in [0, 0.1) is 0 Å². The number of carbonyl (C=O) groups is 3. The third-order valence-electron chi connectivity index (χ3n) is 4.14. The van der Waals surface area contributed by atoms with E-state index in [9.17, 15) is 22.8 Å². The maximum atomic E-state index is 12.6. The molecule has 1 aromatic carbocycles. The van der Waals surface area contributed by atoms with E-state index in [1.165, 1.54) is 6.92 Å². The molecule has 1 aliphatic heterocycles. The maximum absolute atomic E-state index is 12.6. The number of imide groups is 1. The van der Waals surface area contributed by atoms with Gasteiger partial charge in [-0.1, -0.05) is 24.3 Å². The first-order valence-corrected chi connectivity index (χ1v) is 10.3. The molecule has 0 radical (unpaired) electrons. The zero-order valence-electron chi connectivity index (χ0n) is 15.4. The fourth-order valence-corrected chi connectivity index (χ4v) is 3.77. The van der Waals surface area contributed by atoms with Gasteiger partial charge in [0.15, 0.2) is 6.10 Å². The van der Waals surface area contributed by atoms with Crippen LogP contribution in [0.3, 0.4) is 0 Å². The van der Waals surface area contributed by atoms with Gasteiger partial charge in [-0.15, -0.1) is 0 Å². The summed E-state index contributed by atoms with van der Waals surface area (Å²) in [5.74, 6) is -1.63. The quantitative estimate of drug-likeness (QED) is 0.682. The number of fused-ring (bicyclic) bond motifs is 1. The molecule has 148 valence electrons. The fraction of sp³-hybridized carbons (Fsp3) is 0.471. The molecule has 1 aliphatic rings. The lowest BCUT2D eigenvalue weighted by atomic mass is 9.96. The van der Waals surface area contributed by atoms with Crippen molar-refractivity contribution in [2.24, 2.45) is 0 Å². The van der Waals surface area contributed by atoms with Crippen LogP contribution in [-0.2, 0) is 37.3 Å². The van der Waals surface area contributed by atoms with Crippen LogP contribution in [0.5, 0.6) is 0 Å². The molecule has 0 bridgehead atoms. The van der Waals surface area contributed by atoms with Gasteiger partial charge < -0.3 is 10.1 Å². The molecule has 0 fully saturated rings. The number of hydrogen-bond donors (Lipinski definition) is 2. The van der Waals surface area contributed by atoms with E-state index in [2.05, 4.69) is 5.32 Å². The SMILES string of the molecule is CCNC(=O)NC(=O)[C@H](C)OC(=O)[C@@H]1Cc2ccccc2CN1S(C)(=O)=O. The molecule has 9 nitrogen and oxygen atoms in total. The van der Waals surface area contributed by atoms with Crippen molar-refractivity contribution >= 4 is 27.9 Å². The lowest BCUT2D eigenvalue weighted by Gasteiger charge is -2.33. The summed E-state index contributed by atoms with van der Waals surface area (Å²) in [5.41, 5.74) is 1.66. The average molecular weight is 397 g/mol. The Kier molecular flexibility index (Phi) is 6.55. The monoisotopic (exact) mass is 397 g/mol. The fourth-order valence-electron chi connectivity index (χ4n) is 2.77. The Hall–Kier alpha value is -2.46. The number of hydrogen-bond acceptors (Lipinski definition) is 6. The zero-order chi connectivity index (χ0) is 20.2. The molecule has 0 unspecified atom stereocenters. The Labute approximate surface area is 158 Å². The molecule has 0 saturated heterocycles. The number of esters is 1. The molecular weight excluding hydrogens is 374 g/mol. The Morgan fingerprint density at radius 3 is 2.48 bits per heavy atom. The van der Waals surface area contributed by atoms with E-state index < -0.39 is 40.1 Å². The van der Waals surface area contributed by atoms with Crippen LogP contribution in [0.2, 0.25) is 0 Å². The predicted octanol–water partition coefficient (Wildman–Crippen LogP) is 0.150. The van der Waals surface area contributed by atoms with Crippen molar-refractivity contribution in [3.63, 3.8) is 0 Å². The van der Waals surface area contributed by atoms with E-state index in [0.717, 1.165) is 21.7 Å². The minimum atomic E-state index is -3.68. The number of rotatable bonds is 5. The highest BCUT2D eigenvalue weighted by Crippen LogP contribution is 2.26. The second kappa shape index (κ2) is 8.49. The van der Waals surface area contributed by atoms with E-state index in [0.29, 0.717) is 6.54 Å². The molecule has 0 aliphatic carbocycles. The molecule has 2 atom stereocenters. The van der Waals surface area contributed by atoms with Gasteiger partial charge in [0.1, 0.15) is 6.04 Å². The number of nitrogens with one attached hydrogen (secondary N) is 2. The Morgan fingerprint density at radius 2 is 1.89 bits per heavy atom. The third-order valence-corrected chi connectivity index (χ3v) is 5.38. The summed E-state index contributed by atoms with van der Waals surface area (Å²) in [6.07, 6.45) is -0.0854. The summed E-state index contributed by atoms with van der Waals surface area (Å²) in [5, 5.41) is 4.43. The van der Waals surface area contributed by atoms with E-state index in [1.54, 1.807) is 25.1 Å². The molecule has 0 spiro atoms. The van der Waals surface area contributed by atoms with Crippen LogP contribution < -0.4 is 10.6 Å². The molecule has 1 aromatic rings. The van der Waals surface area contributed by atoms with Crippen molar-refractivity contribution in [2.45, 2.75) is 39.0 Å². The van der Waals surface area contributed by atoms with Crippen molar-refractivity contribution in [3.05, 3.63) is 35.4 Å². The van der Waals surface area contributed by atoms with Crippen LogP contribution >= 0.6 is 0 Å². The first-order valence-electron chi connectivity index (χ1n) is 8.46. The van der Waals surface area contributed by atoms with E-state index >= 15 is 0 Å². The largest absolute Gasteiger partial charge is 0.451 e. The smallest absolute Gasteiger partial charge is 0.325 e. The minimum Gasteiger partial charge on any atom is -0.451 e. The highest BCUT2D eigenvalue weighted by atomic mass is 32.2. The predicted molar refractivity (Wildman–Crippen MR) is 97.1 cm³/mol. The highest BCUT2D eigenvalue weighted by molar-refractivity contribution is 7.88.